The monoisotopic (exact) mass is 788 g/mol. The second-order valence-corrected chi connectivity index (χ2v) is 15.9. The molecular weight excluding hydrogens is 709 g/mol. The second-order valence-electron chi connectivity index (χ2n) is 14.5. The van der Waals surface area contributed by atoms with Crippen LogP contribution in [0.4, 0.5) is 0 Å². The molecule has 0 bridgehead atoms. The normalized spacial score (nSPS) is 14.0. The average molecular weight is 788 g/mol. The van der Waals surface area contributed by atoms with Gasteiger partial charge in [0.05, 0.1) is 13.2 Å². The van der Waals surface area contributed by atoms with Gasteiger partial charge in [-0.25, -0.2) is 4.57 Å². The number of phosphoric ester groups is 1. The van der Waals surface area contributed by atoms with Gasteiger partial charge >= 0.3 is 25.7 Å². The summed E-state index contributed by atoms with van der Waals surface area (Å²) < 4.78 is 32.6. The van der Waals surface area contributed by atoms with E-state index < -0.39 is 51.1 Å². The van der Waals surface area contributed by atoms with Gasteiger partial charge in [-0.2, -0.15) is 0 Å². The van der Waals surface area contributed by atoms with Crippen LogP contribution < -0.4 is 5.73 Å². The van der Waals surface area contributed by atoms with Crippen LogP contribution in [0, 0.1) is 0 Å². The standard InChI is InChI=1S/C42H78NO10P/c1-3-5-7-9-11-13-15-17-19-21-23-25-27-29-31-33-40(44)50-35-38(36-51-54(48,49)52-37-39(43)42(46)47)53-41(45)34-32-30-28-26-24-22-20-18-16-14-12-10-8-6-4-2/h22,24,28,30,38-39H,3-21,23,25-27,29,31-37,43H2,1-2H3,(H,46,47)(H,48,49)/b24-22-,30-28-. The van der Waals surface area contributed by atoms with Crippen molar-refractivity contribution in [2.24, 2.45) is 5.73 Å². The summed E-state index contributed by atoms with van der Waals surface area (Å²) in [6.45, 7) is 2.75. The highest BCUT2D eigenvalue weighted by atomic mass is 31.2. The first-order valence-electron chi connectivity index (χ1n) is 21.4. The van der Waals surface area contributed by atoms with E-state index in [2.05, 4.69) is 30.5 Å². The van der Waals surface area contributed by atoms with Crippen LogP contribution in [0.3, 0.4) is 0 Å². The number of allylic oxidation sites excluding steroid dienone is 4. The fraction of sp³-hybridized carbons (Fsp3) is 0.833. The lowest BCUT2D eigenvalue weighted by atomic mass is 10.0. The zero-order valence-electron chi connectivity index (χ0n) is 34.1. The summed E-state index contributed by atoms with van der Waals surface area (Å²) in [4.78, 5) is 45.8. The van der Waals surface area contributed by atoms with Gasteiger partial charge in [0.15, 0.2) is 6.10 Å². The third-order valence-electron chi connectivity index (χ3n) is 9.22. The molecule has 0 aromatic rings. The highest BCUT2D eigenvalue weighted by Crippen LogP contribution is 2.43. The van der Waals surface area contributed by atoms with Crippen LogP contribution >= 0.6 is 7.82 Å². The summed E-state index contributed by atoms with van der Waals surface area (Å²) in [6, 6.07) is -1.53. The van der Waals surface area contributed by atoms with Gasteiger partial charge < -0.3 is 25.2 Å². The predicted octanol–water partition coefficient (Wildman–Crippen LogP) is 11.1. The molecule has 0 rings (SSSR count). The van der Waals surface area contributed by atoms with Crippen molar-refractivity contribution < 1.29 is 47.5 Å². The lowest BCUT2D eigenvalue weighted by Gasteiger charge is -2.20. The number of carboxylic acid groups (broad SMARTS) is 1. The molecular formula is C42H78NO10P. The molecule has 0 aromatic carbocycles. The Hall–Kier alpha value is -2.04. The Kier molecular flexibility index (Phi) is 36.4. The molecule has 0 saturated carbocycles. The molecule has 0 radical (unpaired) electrons. The van der Waals surface area contributed by atoms with Gasteiger partial charge in [0.25, 0.3) is 0 Å². The Morgan fingerprint density at radius 3 is 1.52 bits per heavy atom. The number of carbonyl (C=O) groups is 3. The van der Waals surface area contributed by atoms with E-state index in [-0.39, 0.29) is 19.4 Å². The van der Waals surface area contributed by atoms with Crippen LogP contribution in [0.2, 0.25) is 0 Å². The van der Waals surface area contributed by atoms with Crippen LogP contribution in [0.1, 0.15) is 194 Å². The van der Waals surface area contributed by atoms with Crippen molar-refractivity contribution in [2.45, 2.75) is 206 Å². The first-order valence-corrected chi connectivity index (χ1v) is 22.9. The molecule has 0 saturated heterocycles. The van der Waals surface area contributed by atoms with Crippen LogP contribution in [0.25, 0.3) is 0 Å². The molecule has 3 atom stereocenters. The maximum Gasteiger partial charge on any atom is 0.472 e. The molecule has 11 nitrogen and oxygen atoms in total. The maximum atomic E-state index is 12.6. The van der Waals surface area contributed by atoms with Gasteiger partial charge in [-0.1, -0.05) is 173 Å². The second kappa shape index (κ2) is 37.9. The number of hydrogen-bond donors (Lipinski definition) is 3. The van der Waals surface area contributed by atoms with Crippen molar-refractivity contribution >= 4 is 25.7 Å². The fourth-order valence-corrected chi connectivity index (χ4v) is 6.60. The number of phosphoric acid groups is 1. The van der Waals surface area contributed by atoms with Gasteiger partial charge in [-0.15, -0.1) is 0 Å². The van der Waals surface area contributed by atoms with Crippen LogP contribution in [0.5, 0.6) is 0 Å². The molecule has 0 fully saturated rings. The highest BCUT2D eigenvalue weighted by Gasteiger charge is 2.28. The van der Waals surface area contributed by atoms with Gasteiger partial charge in [-0.05, 0) is 32.1 Å². The summed E-state index contributed by atoms with van der Waals surface area (Å²) in [5, 5.41) is 8.87. The lowest BCUT2D eigenvalue weighted by molar-refractivity contribution is -0.161. The van der Waals surface area contributed by atoms with Gasteiger partial charge in [-0.3, -0.25) is 23.4 Å². The first kappa shape index (κ1) is 52.0. The Labute approximate surface area is 328 Å². The zero-order chi connectivity index (χ0) is 40.0. The van der Waals surface area contributed by atoms with Crippen LogP contribution in [0.15, 0.2) is 24.3 Å². The molecule has 54 heavy (non-hydrogen) atoms. The van der Waals surface area contributed by atoms with E-state index in [4.69, 9.17) is 24.8 Å². The Balaban J connectivity index is 4.43. The number of rotatable bonds is 40. The first-order chi connectivity index (χ1) is 26.1. The molecule has 4 N–H and O–H groups in total. The molecule has 0 aliphatic heterocycles. The van der Waals surface area contributed by atoms with Gasteiger partial charge in [0, 0.05) is 12.8 Å². The van der Waals surface area contributed by atoms with Crippen LogP contribution in [-0.4, -0.2) is 59.9 Å². The number of carbonyl (C=O) groups excluding carboxylic acids is 2. The molecule has 12 heteroatoms. The van der Waals surface area contributed by atoms with Crippen molar-refractivity contribution in [1.82, 2.24) is 0 Å². The van der Waals surface area contributed by atoms with E-state index >= 15 is 0 Å². The largest absolute Gasteiger partial charge is 0.480 e. The molecule has 0 aliphatic carbocycles. The maximum absolute atomic E-state index is 12.6. The summed E-state index contributed by atoms with van der Waals surface area (Å²) in [5.41, 5.74) is 5.32. The minimum Gasteiger partial charge on any atom is -0.480 e. The quantitative estimate of drug-likeness (QED) is 0.0233. The van der Waals surface area contributed by atoms with E-state index in [1.807, 2.05) is 12.2 Å². The van der Waals surface area contributed by atoms with Crippen molar-refractivity contribution in [3.05, 3.63) is 24.3 Å². The van der Waals surface area contributed by atoms with E-state index in [0.717, 1.165) is 32.1 Å². The van der Waals surface area contributed by atoms with Crippen molar-refractivity contribution in [3.8, 4) is 0 Å². The number of ether oxygens (including phenoxy) is 2. The van der Waals surface area contributed by atoms with Crippen molar-refractivity contribution in [3.63, 3.8) is 0 Å². The molecule has 0 spiro atoms. The topological polar surface area (TPSA) is 172 Å². The van der Waals surface area contributed by atoms with Crippen molar-refractivity contribution in [1.29, 1.82) is 0 Å². The molecule has 0 amide bonds. The van der Waals surface area contributed by atoms with E-state index in [0.29, 0.717) is 12.8 Å². The Morgan fingerprint density at radius 1 is 0.574 bits per heavy atom. The summed E-state index contributed by atoms with van der Waals surface area (Å²) >= 11 is 0. The summed E-state index contributed by atoms with van der Waals surface area (Å²) in [6.07, 6.45) is 38.3. The van der Waals surface area contributed by atoms with E-state index in [1.54, 1.807) is 0 Å². The number of unbranched alkanes of at least 4 members (excludes halogenated alkanes) is 22. The zero-order valence-corrected chi connectivity index (χ0v) is 35.0. The number of hydrogen-bond acceptors (Lipinski definition) is 9. The summed E-state index contributed by atoms with van der Waals surface area (Å²) in [7, 11) is -4.72. The minimum atomic E-state index is -4.72. The van der Waals surface area contributed by atoms with Crippen LogP contribution in [-0.2, 0) is 37.5 Å². The van der Waals surface area contributed by atoms with E-state index in [1.165, 1.54) is 122 Å². The predicted molar refractivity (Wildman–Crippen MR) is 217 cm³/mol. The minimum absolute atomic E-state index is 0.0583. The lowest BCUT2D eigenvalue weighted by Crippen LogP contribution is -2.34. The molecule has 3 unspecified atom stereocenters. The Morgan fingerprint density at radius 2 is 1.02 bits per heavy atom. The highest BCUT2D eigenvalue weighted by molar-refractivity contribution is 7.47. The summed E-state index contributed by atoms with van der Waals surface area (Å²) in [5.74, 6) is -2.45. The third kappa shape index (κ3) is 36.9. The number of carboxylic acids is 1. The number of nitrogens with two attached hydrogens (primary N) is 1. The van der Waals surface area contributed by atoms with E-state index in [9.17, 15) is 23.8 Å². The molecule has 316 valence electrons. The van der Waals surface area contributed by atoms with Gasteiger partial charge in [0.2, 0.25) is 0 Å². The number of aliphatic carboxylic acids is 1. The van der Waals surface area contributed by atoms with Gasteiger partial charge in [0.1, 0.15) is 12.6 Å². The SMILES string of the molecule is CCCCCCCCCC/C=C\C/C=C\CCC(=O)OC(COC(=O)CCCCCCCCCCCCCCCCC)COP(=O)(O)OCC(N)C(=O)O. The molecule has 0 aromatic heterocycles. The Bertz CT molecular complexity index is 1020. The fourth-order valence-electron chi connectivity index (χ4n) is 5.82. The third-order valence-corrected chi connectivity index (χ3v) is 10.2. The molecule has 0 aliphatic rings. The number of esters is 2. The van der Waals surface area contributed by atoms with Crippen molar-refractivity contribution in [2.75, 3.05) is 19.8 Å². The molecule has 0 heterocycles. The smallest absolute Gasteiger partial charge is 0.472 e. The average Bonchev–Trinajstić information content (AvgIpc) is 3.14.